The number of benzene rings is 2. The first-order chi connectivity index (χ1) is 12.1. The number of phenolic OH excluding ortho intramolecular Hbond substituents is 1. The number of anilines is 2. The molecule has 1 atom stereocenters. The summed E-state index contributed by atoms with van der Waals surface area (Å²) in [6.07, 6.45) is 0. The minimum absolute atomic E-state index is 0.0864. The van der Waals surface area contributed by atoms with Crippen molar-refractivity contribution >= 4 is 17.3 Å². The number of amides is 1. The number of carbonyl (C=O) groups is 1. The SMILES string of the molecule is C[C@H](C(=O)N(C)c1ccccc1)[NH+]1CCN(c2ccccc2O)CC1. The molecule has 1 aliphatic heterocycles. The van der Waals surface area contributed by atoms with Gasteiger partial charge in [-0.3, -0.25) is 4.79 Å². The quantitative estimate of drug-likeness (QED) is 0.878. The number of carbonyl (C=O) groups excluding carboxylic acids is 1. The number of likely N-dealkylation sites (N-methyl/N-ethyl adjacent to an activating group) is 1. The van der Waals surface area contributed by atoms with Crippen molar-refractivity contribution in [1.29, 1.82) is 0 Å². The summed E-state index contributed by atoms with van der Waals surface area (Å²) in [5, 5.41) is 10.0. The van der Waals surface area contributed by atoms with E-state index in [2.05, 4.69) is 4.90 Å². The molecule has 0 bridgehead atoms. The van der Waals surface area contributed by atoms with E-state index in [-0.39, 0.29) is 11.9 Å². The van der Waals surface area contributed by atoms with Crippen LogP contribution in [0.15, 0.2) is 54.6 Å². The number of phenols is 1. The summed E-state index contributed by atoms with van der Waals surface area (Å²) in [6, 6.07) is 17.1. The lowest BCUT2D eigenvalue weighted by Crippen LogP contribution is -3.19. The molecular weight excluding hydrogens is 314 g/mol. The van der Waals surface area contributed by atoms with Crippen molar-refractivity contribution in [1.82, 2.24) is 0 Å². The van der Waals surface area contributed by atoms with Gasteiger partial charge in [-0.2, -0.15) is 0 Å². The van der Waals surface area contributed by atoms with E-state index < -0.39 is 0 Å². The first-order valence-corrected chi connectivity index (χ1v) is 8.78. The van der Waals surface area contributed by atoms with Crippen molar-refractivity contribution in [3.63, 3.8) is 0 Å². The van der Waals surface area contributed by atoms with Gasteiger partial charge in [0.15, 0.2) is 6.04 Å². The molecule has 0 spiro atoms. The van der Waals surface area contributed by atoms with Crippen LogP contribution in [0.3, 0.4) is 0 Å². The van der Waals surface area contributed by atoms with Crippen LogP contribution in [0.4, 0.5) is 11.4 Å². The lowest BCUT2D eigenvalue weighted by Gasteiger charge is -2.37. The maximum Gasteiger partial charge on any atom is 0.284 e. The second-order valence-electron chi connectivity index (χ2n) is 6.59. The van der Waals surface area contributed by atoms with Crippen molar-refractivity contribution in [2.75, 3.05) is 43.0 Å². The molecular formula is C20H26N3O2+. The highest BCUT2D eigenvalue weighted by molar-refractivity contribution is 5.95. The van der Waals surface area contributed by atoms with Gasteiger partial charge >= 0.3 is 0 Å². The van der Waals surface area contributed by atoms with Crippen molar-refractivity contribution in [3.05, 3.63) is 54.6 Å². The minimum atomic E-state index is -0.0864. The molecule has 2 aromatic carbocycles. The summed E-state index contributed by atoms with van der Waals surface area (Å²) in [6.45, 7) is 5.43. The molecule has 1 fully saturated rings. The summed E-state index contributed by atoms with van der Waals surface area (Å²) in [5.74, 6) is 0.455. The van der Waals surface area contributed by atoms with Gasteiger partial charge in [-0.25, -0.2) is 0 Å². The molecule has 1 heterocycles. The van der Waals surface area contributed by atoms with Gasteiger partial charge in [0.2, 0.25) is 0 Å². The molecule has 5 nitrogen and oxygen atoms in total. The summed E-state index contributed by atoms with van der Waals surface area (Å²) in [7, 11) is 1.84. The molecule has 0 radical (unpaired) electrons. The van der Waals surface area contributed by atoms with Crippen LogP contribution in [0, 0.1) is 0 Å². The van der Waals surface area contributed by atoms with Crippen molar-refractivity contribution in [2.45, 2.75) is 13.0 Å². The van der Waals surface area contributed by atoms with E-state index in [0.717, 1.165) is 37.6 Å². The third kappa shape index (κ3) is 3.77. The number of aromatic hydroxyl groups is 1. The third-order valence-electron chi connectivity index (χ3n) is 5.08. The number of hydrogen-bond acceptors (Lipinski definition) is 3. The Kier molecular flexibility index (Phi) is 5.24. The zero-order valence-electron chi connectivity index (χ0n) is 14.9. The summed E-state index contributed by atoms with van der Waals surface area (Å²) in [4.78, 5) is 18.0. The van der Waals surface area contributed by atoms with Crippen LogP contribution in [-0.4, -0.2) is 50.3 Å². The van der Waals surface area contributed by atoms with Crippen LogP contribution in [-0.2, 0) is 4.79 Å². The monoisotopic (exact) mass is 340 g/mol. The van der Waals surface area contributed by atoms with E-state index in [4.69, 9.17) is 0 Å². The summed E-state index contributed by atoms with van der Waals surface area (Å²) < 4.78 is 0. The normalized spacial score (nSPS) is 16.5. The number of piperazine rings is 1. The van der Waals surface area contributed by atoms with Gasteiger partial charge < -0.3 is 19.8 Å². The first kappa shape index (κ1) is 17.3. The van der Waals surface area contributed by atoms with Gasteiger partial charge in [0.05, 0.1) is 31.9 Å². The largest absolute Gasteiger partial charge is 0.506 e. The third-order valence-corrected chi connectivity index (χ3v) is 5.08. The molecule has 132 valence electrons. The standard InChI is InChI=1S/C20H25N3O2/c1-16(20(25)21(2)17-8-4-3-5-9-17)22-12-14-23(15-13-22)18-10-6-7-11-19(18)24/h3-11,16,24H,12-15H2,1-2H3/p+1/t16-/m1/s1. The fraction of sp³-hybridized carbons (Fsp3) is 0.350. The summed E-state index contributed by atoms with van der Waals surface area (Å²) >= 11 is 0. The highest BCUT2D eigenvalue weighted by Gasteiger charge is 2.31. The minimum Gasteiger partial charge on any atom is -0.506 e. The van der Waals surface area contributed by atoms with Gasteiger partial charge in [-0.15, -0.1) is 0 Å². The van der Waals surface area contributed by atoms with E-state index >= 15 is 0 Å². The van der Waals surface area contributed by atoms with Crippen LogP contribution in [0.1, 0.15) is 6.92 Å². The zero-order valence-corrected chi connectivity index (χ0v) is 14.9. The number of para-hydroxylation sites is 3. The van der Waals surface area contributed by atoms with Crippen LogP contribution in [0.2, 0.25) is 0 Å². The second kappa shape index (κ2) is 7.57. The molecule has 5 heteroatoms. The van der Waals surface area contributed by atoms with E-state index in [1.54, 1.807) is 11.0 Å². The Balaban J connectivity index is 1.61. The van der Waals surface area contributed by atoms with Crippen LogP contribution in [0.25, 0.3) is 0 Å². The van der Waals surface area contributed by atoms with Gasteiger partial charge in [0.25, 0.3) is 5.91 Å². The zero-order chi connectivity index (χ0) is 17.8. The van der Waals surface area contributed by atoms with E-state index in [0.29, 0.717) is 5.75 Å². The van der Waals surface area contributed by atoms with E-state index in [1.807, 2.05) is 62.5 Å². The molecule has 0 saturated carbocycles. The number of quaternary nitrogens is 1. The molecule has 0 aliphatic carbocycles. The first-order valence-electron chi connectivity index (χ1n) is 8.78. The number of hydrogen-bond donors (Lipinski definition) is 2. The Morgan fingerprint density at radius 3 is 2.32 bits per heavy atom. The smallest absolute Gasteiger partial charge is 0.284 e. The Bertz CT molecular complexity index is 712. The van der Waals surface area contributed by atoms with Crippen LogP contribution >= 0.6 is 0 Å². The van der Waals surface area contributed by atoms with Gasteiger partial charge in [-0.1, -0.05) is 30.3 Å². The fourth-order valence-corrected chi connectivity index (χ4v) is 3.44. The molecule has 2 N–H and O–H groups in total. The molecule has 1 amide bonds. The second-order valence-corrected chi connectivity index (χ2v) is 6.59. The maximum absolute atomic E-state index is 12.8. The number of rotatable bonds is 4. The molecule has 2 aromatic rings. The lowest BCUT2D eigenvalue weighted by molar-refractivity contribution is -0.914. The topological polar surface area (TPSA) is 48.2 Å². The predicted octanol–water partition coefficient (Wildman–Crippen LogP) is 1.15. The van der Waals surface area contributed by atoms with Crippen LogP contribution < -0.4 is 14.7 Å². The van der Waals surface area contributed by atoms with E-state index in [1.165, 1.54) is 4.90 Å². The molecule has 1 saturated heterocycles. The lowest BCUT2D eigenvalue weighted by atomic mass is 10.1. The van der Waals surface area contributed by atoms with E-state index in [9.17, 15) is 9.90 Å². The number of nitrogens with zero attached hydrogens (tertiary/aromatic N) is 2. The Labute approximate surface area is 149 Å². The van der Waals surface area contributed by atoms with Crippen molar-refractivity contribution in [2.24, 2.45) is 0 Å². The molecule has 1 aliphatic rings. The van der Waals surface area contributed by atoms with Crippen molar-refractivity contribution < 1.29 is 14.8 Å². The molecule has 25 heavy (non-hydrogen) atoms. The average Bonchev–Trinajstić information content (AvgIpc) is 2.67. The number of nitrogens with one attached hydrogen (secondary N) is 1. The Morgan fingerprint density at radius 2 is 1.68 bits per heavy atom. The van der Waals surface area contributed by atoms with Gasteiger partial charge in [0.1, 0.15) is 5.75 Å². The van der Waals surface area contributed by atoms with Gasteiger partial charge in [0, 0.05) is 12.7 Å². The predicted molar refractivity (Wildman–Crippen MR) is 100 cm³/mol. The fourth-order valence-electron chi connectivity index (χ4n) is 3.44. The molecule has 0 unspecified atom stereocenters. The maximum atomic E-state index is 12.8. The molecule has 3 rings (SSSR count). The summed E-state index contributed by atoms with van der Waals surface area (Å²) in [5.41, 5.74) is 1.80. The average molecular weight is 340 g/mol. The van der Waals surface area contributed by atoms with Gasteiger partial charge in [-0.05, 0) is 31.2 Å². The Hall–Kier alpha value is -2.53. The highest BCUT2D eigenvalue weighted by atomic mass is 16.3. The Morgan fingerprint density at radius 1 is 1.08 bits per heavy atom. The van der Waals surface area contributed by atoms with Crippen LogP contribution in [0.5, 0.6) is 5.75 Å². The molecule has 0 aromatic heterocycles. The highest BCUT2D eigenvalue weighted by Crippen LogP contribution is 2.26. The van der Waals surface area contributed by atoms with Crippen molar-refractivity contribution in [3.8, 4) is 5.75 Å².